The van der Waals surface area contributed by atoms with E-state index in [0.717, 1.165) is 3.57 Å². The Balaban J connectivity index is 2.58. The Kier molecular flexibility index (Phi) is 3.51. The molecule has 1 aromatic carbocycles. The molecule has 0 aliphatic carbocycles. The second-order valence-corrected chi connectivity index (χ2v) is 4.95. The predicted octanol–water partition coefficient (Wildman–Crippen LogP) is 3.76. The van der Waals surface area contributed by atoms with E-state index in [-0.39, 0.29) is 5.75 Å². The summed E-state index contributed by atoms with van der Waals surface area (Å²) in [6, 6.07) is 4.68. The van der Waals surface area contributed by atoms with E-state index in [1.807, 2.05) is 22.6 Å². The van der Waals surface area contributed by atoms with Crippen LogP contribution in [0.25, 0.3) is 11.4 Å². The molecule has 16 heavy (non-hydrogen) atoms. The van der Waals surface area contributed by atoms with Gasteiger partial charge in [-0.15, -0.1) is 0 Å². The zero-order valence-electron chi connectivity index (χ0n) is 7.78. The normalized spacial score (nSPS) is 10.4. The van der Waals surface area contributed by atoms with Gasteiger partial charge < -0.3 is 5.11 Å². The van der Waals surface area contributed by atoms with Crippen molar-refractivity contribution in [1.29, 1.82) is 0 Å². The molecule has 0 saturated carbocycles. The molecule has 0 amide bonds. The summed E-state index contributed by atoms with van der Waals surface area (Å²) in [7, 11) is 0. The Morgan fingerprint density at radius 2 is 2.00 bits per heavy atom. The van der Waals surface area contributed by atoms with Crippen LogP contribution >= 0.6 is 45.8 Å². The molecular weight excluding hydrogens is 362 g/mol. The van der Waals surface area contributed by atoms with Crippen molar-refractivity contribution in [2.45, 2.75) is 0 Å². The van der Waals surface area contributed by atoms with Crippen molar-refractivity contribution in [1.82, 2.24) is 9.97 Å². The monoisotopic (exact) mass is 366 g/mol. The van der Waals surface area contributed by atoms with Crippen molar-refractivity contribution in [2.24, 2.45) is 0 Å². The number of aromatic hydroxyl groups is 1. The SMILES string of the molecule is Oc1ccc(Cl)cc1-c1ncc(I)c(Cl)n1. The fourth-order valence-corrected chi connectivity index (χ4v) is 1.72. The highest BCUT2D eigenvalue weighted by Gasteiger charge is 2.10. The summed E-state index contributed by atoms with van der Waals surface area (Å²) in [5.74, 6) is 0.423. The molecule has 0 saturated heterocycles. The van der Waals surface area contributed by atoms with E-state index < -0.39 is 0 Å². The quantitative estimate of drug-likeness (QED) is 0.617. The van der Waals surface area contributed by atoms with Crippen molar-refractivity contribution in [3.05, 3.63) is 38.1 Å². The Morgan fingerprint density at radius 3 is 2.69 bits per heavy atom. The van der Waals surface area contributed by atoms with Crippen LogP contribution in [0, 0.1) is 3.57 Å². The zero-order valence-corrected chi connectivity index (χ0v) is 11.5. The van der Waals surface area contributed by atoms with E-state index in [1.54, 1.807) is 18.3 Å². The third-order valence-electron chi connectivity index (χ3n) is 1.90. The van der Waals surface area contributed by atoms with Gasteiger partial charge in [-0.1, -0.05) is 23.2 Å². The lowest BCUT2D eigenvalue weighted by atomic mass is 10.2. The number of benzene rings is 1. The summed E-state index contributed by atoms with van der Waals surface area (Å²) in [5.41, 5.74) is 0.464. The molecule has 0 aliphatic heterocycles. The van der Waals surface area contributed by atoms with Crippen LogP contribution in [0.3, 0.4) is 0 Å². The summed E-state index contributed by atoms with van der Waals surface area (Å²) < 4.78 is 0.754. The summed E-state index contributed by atoms with van der Waals surface area (Å²) in [6.07, 6.45) is 1.59. The van der Waals surface area contributed by atoms with E-state index in [2.05, 4.69) is 9.97 Å². The summed E-state index contributed by atoms with van der Waals surface area (Å²) in [5, 5.41) is 10.5. The number of hydrogen-bond acceptors (Lipinski definition) is 3. The standard InChI is InChI=1S/C10H5Cl2IN2O/c11-5-1-2-8(16)6(3-5)10-14-4-7(13)9(12)15-10/h1-4,16H. The largest absolute Gasteiger partial charge is 0.507 e. The van der Waals surface area contributed by atoms with E-state index in [0.29, 0.717) is 21.6 Å². The van der Waals surface area contributed by atoms with E-state index in [4.69, 9.17) is 23.2 Å². The van der Waals surface area contributed by atoms with Gasteiger partial charge in [-0.3, -0.25) is 0 Å². The lowest BCUT2D eigenvalue weighted by molar-refractivity contribution is 0.477. The minimum Gasteiger partial charge on any atom is -0.507 e. The van der Waals surface area contributed by atoms with Gasteiger partial charge in [0.2, 0.25) is 0 Å². The zero-order chi connectivity index (χ0) is 11.7. The van der Waals surface area contributed by atoms with E-state index in [1.165, 1.54) is 6.07 Å². The summed E-state index contributed by atoms with van der Waals surface area (Å²) in [4.78, 5) is 8.16. The van der Waals surface area contributed by atoms with Crippen LogP contribution < -0.4 is 0 Å². The van der Waals surface area contributed by atoms with Gasteiger partial charge in [0.1, 0.15) is 10.9 Å². The topological polar surface area (TPSA) is 46.0 Å². The molecule has 2 aromatic rings. The number of rotatable bonds is 1. The first-order valence-electron chi connectivity index (χ1n) is 4.25. The highest BCUT2D eigenvalue weighted by Crippen LogP contribution is 2.30. The molecule has 1 aromatic heterocycles. The van der Waals surface area contributed by atoms with Gasteiger partial charge in [0, 0.05) is 11.2 Å². The van der Waals surface area contributed by atoms with Crippen LogP contribution in [0.1, 0.15) is 0 Å². The number of aromatic nitrogens is 2. The van der Waals surface area contributed by atoms with Crippen molar-refractivity contribution in [3.63, 3.8) is 0 Å². The van der Waals surface area contributed by atoms with Crippen molar-refractivity contribution in [3.8, 4) is 17.1 Å². The average Bonchev–Trinajstić information content (AvgIpc) is 2.26. The van der Waals surface area contributed by atoms with Crippen LogP contribution in [0.2, 0.25) is 10.2 Å². The van der Waals surface area contributed by atoms with Crippen LogP contribution in [0.15, 0.2) is 24.4 Å². The molecular formula is C10H5Cl2IN2O. The molecule has 1 heterocycles. The second kappa shape index (κ2) is 4.73. The maximum atomic E-state index is 9.66. The van der Waals surface area contributed by atoms with Gasteiger partial charge in [-0.25, -0.2) is 9.97 Å². The van der Waals surface area contributed by atoms with Crippen LogP contribution in [-0.2, 0) is 0 Å². The lowest BCUT2D eigenvalue weighted by Crippen LogP contribution is -1.91. The van der Waals surface area contributed by atoms with Crippen molar-refractivity contribution >= 4 is 45.8 Å². The molecule has 0 radical (unpaired) electrons. The third kappa shape index (κ3) is 2.39. The number of phenols is 1. The number of nitrogens with zero attached hydrogens (tertiary/aromatic N) is 2. The van der Waals surface area contributed by atoms with Crippen molar-refractivity contribution < 1.29 is 5.11 Å². The fourth-order valence-electron chi connectivity index (χ4n) is 1.16. The Labute approximate surface area is 116 Å². The lowest BCUT2D eigenvalue weighted by Gasteiger charge is -2.04. The van der Waals surface area contributed by atoms with Gasteiger partial charge in [0.15, 0.2) is 5.82 Å². The van der Waals surface area contributed by atoms with Crippen LogP contribution in [0.4, 0.5) is 0 Å². The molecule has 0 unspecified atom stereocenters. The third-order valence-corrected chi connectivity index (χ3v) is 3.53. The highest BCUT2D eigenvalue weighted by atomic mass is 127. The maximum absolute atomic E-state index is 9.66. The summed E-state index contributed by atoms with van der Waals surface area (Å²) in [6.45, 7) is 0. The Morgan fingerprint density at radius 1 is 1.25 bits per heavy atom. The Hall–Kier alpha value is -0.590. The predicted molar refractivity (Wildman–Crippen MR) is 71.9 cm³/mol. The van der Waals surface area contributed by atoms with E-state index >= 15 is 0 Å². The molecule has 6 heteroatoms. The van der Waals surface area contributed by atoms with Gasteiger partial charge in [0.05, 0.1) is 9.13 Å². The van der Waals surface area contributed by atoms with E-state index in [9.17, 15) is 5.11 Å². The Bertz CT molecular complexity index is 548. The molecule has 0 atom stereocenters. The first kappa shape index (κ1) is 11.9. The molecule has 3 nitrogen and oxygen atoms in total. The molecule has 82 valence electrons. The minimum atomic E-state index is 0.0710. The molecule has 0 bridgehead atoms. The fraction of sp³-hybridized carbons (Fsp3) is 0. The molecule has 0 fully saturated rings. The van der Waals surface area contributed by atoms with Crippen LogP contribution in [-0.4, -0.2) is 15.1 Å². The molecule has 1 N–H and O–H groups in total. The summed E-state index contributed by atoms with van der Waals surface area (Å²) >= 11 is 13.7. The second-order valence-electron chi connectivity index (χ2n) is 2.99. The van der Waals surface area contributed by atoms with Gasteiger partial charge >= 0.3 is 0 Å². The smallest absolute Gasteiger partial charge is 0.164 e. The molecule has 2 rings (SSSR count). The molecule has 0 aliphatic rings. The van der Waals surface area contributed by atoms with Gasteiger partial charge in [-0.2, -0.15) is 0 Å². The van der Waals surface area contributed by atoms with Crippen molar-refractivity contribution in [2.75, 3.05) is 0 Å². The van der Waals surface area contributed by atoms with Crippen LogP contribution in [0.5, 0.6) is 5.75 Å². The number of hydrogen-bond donors (Lipinski definition) is 1. The molecule has 0 spiro atoms. The first-order valence-corrected chi connectivity index (χ1v) is 6.08. The highest BCUT2D eigenvalue weighted by molar-refractivity contribution is 14.1. The van der Waals surface area contributed by atoms with Gasteiger partial charge in [0.25, 0.3) is 0 Å². The number of halogens is 3. The first-order chi connectivity index (χ1) is 7.58. The number of phenolic OH excluding ortho intramolecular Hbond substituents is 1. The minimum absolute atomic E-state index is 0.0710. The maximum Gasteiger partial charge on any atom is 0.164 e. The average molecular weight is 367 g/mol. The van der Waals surface area contributed by atoms with Gasteiger partial charge in [-0.05, 0) is 40.8 Å².